The normalized spacial score (nSPS) is 10.4. The molecule has 0 radical (unpaired) electrons. The van der Waals surface area contributed by atoms with E-state index in [1.54, 1.807) is 14.2 Å². The lowest BCUT2D eigenvalue weighted by atomic mass is 9.98. The molecule has 96 valence electrons. The van der Waals surface area contributed by atoms with Gasteiger partial charge in [-0.25, -0.2) is 0 Å². The Morgan fingerprint density at radius 3 is 2.41 bits per heavy atom. The van der Waals surface area contributed by atoms with E-state index >= 15 is 0 Å². The van der Waals surface area contributed by atoms with Gasteiger partial charge in [-0.1, -0.05) is 13.0 Å². The Kier molecular flexibility index (Phi) is 5.84. The molecule has 0 spiro atoms. The second-order valence-corrected chi connectivity index (χ2v) is 4.04. The molecule has 3 heteroatoms. The Morgan fingerprint density at radius 1 is 1.12 bits per heavy atom. The summed E-state index contributed by atoms with van der Waals surface area (Å²) >= 11 is 0. The highest BCUT2D eigenvalue weighted by molar-refractivity contribution is 5.50. The van der Waals surface area contributed by atoms with E-state index in [2.05, 4.69) is 13.0 Å². The SMILES string of the molecule is CCc1c(CCCCN)ccc(OC)c1OC. The molecule has 0 aliphatic rings. The highest BCUT2D eigenvalue weighted by Gasteiger charge is 2.12. The van der Waals surface area contributed by atoms with Gasteiger partial charge in [-0.3, -0.25) is 0 Å². The van der Waals surface area contributed by atoms with Crippen molar-refractivity contribution in [1.82, 2.24) is 0 Å². The zero-order valence-corrected chi connectivity index (χ0v) is 11.1. The van der Waals surface area contributed by atoms with E-state index in [0.717, 1.165) is 43.7 Å². The van der Waals surface area contributed by atoms with Gasteiger partial charge in [-0.2, -0.15) is 0 Å². The number of methoxy groups -OCH3 is 2. The molecule has 0 saturated carbocycles. The first-order chi connectivity index (χ1) is 8.28. The van der Waals surface area contributed by atoms with Gasteiger partial charge in [0.05, 0.1) is 14.2 Å². The summed E-state index contributed by atoms with van der Waals surface area (Å²) in [6, 6.07) is 4.12. The molecule has 0 unspecified atom stereocenters. The van der Waals surface area contributed by atoms with Gasteiger partial charge in [0.1, 0.15) is 0 Å². The number of ether oxygens (including phenoxy) is 2. The maximum atomic E-state index is 5.52. The summed E-state index contributed by atoms with van der Waals surface area (Å²) in [5.41, 5.74) is 8.12. The van der Waals surface area contributed by atoms with E-state index in [-0.39, 0.29) is 0 Å². The third-order valence-corrected chi connectivity index (χ3v) is 3.00. The molecule has 0 aliphatic heterocycles. The van der Waals surface area contributed by atoms with E-state index in [0.29, 0.717) is 0 Å². The first-order valence-electron chi connectivity index (χ1n) is 6.21. The van der Waals surface area contributed by atoms with Crippen LogP contribution in [0.2, 0.25) is 0 Å². The molecule has 0 saturated heterocycles. The smallest absolute Gasteiger partial charge is 0.164 e. The summed E-state index contributed by atoms with van der Waals surface area (Å²) in [5, 5.41) is 0. The number of hydrogen-bond donors (Lipinski definition) is 1. The topological polar surface area (TPSA) is 44.5 Å². The summed E-state index contributed by atoms with van der Waals surface area (Å²) in [6.07, 6.45) is 4.20. The molecule has 3 nitrogen and oxygen atoms in total. The fraction of sp³-hybridized carbons (Fsp3) is 0.571. The molecule has 2 N–H and O–H groups in total. The first kappa shape index (κ1) is 13.8. The van der Waals surface area contributed by atoms with Crippen molar-refractivity contribution in [1.29, 1.82) is 0 Å². The van der Waals surface area contributed by atoms with E-state index in [1.165, 1.54) is 11.1 Å². The standard InChI is InChI=1S/C14H23NO2/c1-4-12-11(7-5-6-10-15)8-9-13(16-2)14(12)17-3/h8-9H,4-7,10,15H2,1-3H3. The van der Waals surface area contributed by atoms with Crippen LogP contribution < -0.4 is 15.2 Å². The molecule has 0 fully saturated rings. The van der Waals surface area contributed by atoms with Crippen molar-refractivity contribution < 1.29 is 9.47 Å². The maximum Gasteiger partial charge on any atom is 0.164 e. The van der Waals surface area contributed by atoms with Crippen LogP contribution in [0.25, 0.3) is 0 Å². The van der Waals surface area contributed by atoms with Gasteiger partial charge in [0, 0.05) is 5.56 Å². The molecular weight excluding hydrogens is 214 g/mol. The number of hydrogen-bond acceptors (Lipinski definition) is 3. The van der Waals surface area contributed by atoms with Crippen molar-refractivity contribution in [3.05, 3.63) is 23.3 Å². The Bertz CT molecular complexity index is 350. The van der Waals surface area contributed by atoms with E-state index in [4.69, 9.17) is 15.2 Å². The Hall–Kier alpha value is -1.22. The molecule has 0 bridgehead atoms. The van der Waals surface area contributed by atoms with Crippen LogP contribution >= 0.6 is 0 Å². The molecule has 0 aliphatic carbocycles. The van der Waals surface area contributed by atoms with Crippen molar-refractivity contribution in [2.45, 2.75) is 32.6 Å². The monoisotopic (exact) mass is 237 g/mol. The first-order valence-corrected chi connectivity index (χ1v) is 6.21. The van der Waals surface area contributed by atoms with Gasteiger partial charge < -0.3 is 15.2 Å². The van der Waals surface area contributed by atoms with E-state index in [1.807, 2.05) is 6.07 Å². The molecule has 0 heterocycles. The Balaban J connectivity index is 2.97. The van der Waals surface area contributed by atoms with Crippen molar-refractivity contribution in [3.8, 4) is 11.5 Å². The highest BCUT2D eigenvalue weighted by atomic mass is 16.5. The third-order valence-electron chi connectivity index (χ3n) is 3.00. The number of rotatable bonds is 7. The zero-order chi connectivity index (χ0) is 12.7. The number of nitrogens with two attached hydrogens (primary N) is 1. The minimum absolute atomic E-state index is 0.759. The fourth-order valence-electron chi connectivity index (χ4n) is 2.11. The highest BCUT2D eigenvalue weighted by Crippen LogP contribution is 2.34. The number of benzene rings is 1. The van der Waals surface area contributed by atoms with Crippen LogP contribution in [-0.2, 0) is 12.8 Å². The van der Waals surface area contributed by atoms with Crippen LogP contribution in [0.15, 0.2) is 12.1 Å². The quantitative estimate of drug-likeness (QED) is 0.741. The van der Waals surface area contributed by atoms with Crippen molar-refractivity contribution in [2.24, 2.45) is 5.73 Å². The summed E-state index contributed by atoms with van der Waals surface area (Å²) in [7, 11) is 3.37. The second kappa shape index (κ2) is 7.17. The molecular formula is C14H23NO2. The third kappa shape index (κ3) is 3.37. The van der Waals surface area contributed by atoms with Gasteiger partial charge in [-0.05, 0) is 43.9 Å². The van der Waals surface area contributed by atoms with Crippen LogP contribution in [0.1, 0.15) is 30.9 Å². The molecule has 1 aromatic rings. The Labute approximate surface area is 104 Å². The summed E-state index contributed by atoms with van der Waals surface area (Å²) in [6.45, 7) is 2.90. The average molecular weight is 237 g/mol. The van der Waals surface area contributed by atoms with Gasteiger partial charge in [0.15, 0.2) is 11.5 Å². The summed E-state index contributed by atoms with van der Waals surface area (Å²) < 4.78 is 10.8. The van der Waals surface area contributed by atoms with Gasteiger partial charge in [0.25, 0.3) is 0 Å². The van der Waals surface area contributed by atoms with E-state index < -0.39 is 0 Å². The lowest BCUT2D eigenvalue weighted by Crippen LogP contribution is -2.02. The largest absolute Gasteiger partial charge is 0.493 e. The lowest BCUT2D eigenvalue weighted by molar-refractivity contribution is 0.351. The second-order valence-electron chi connectivity index (χ2n) is 4.04. The molecule has 0 aromatic heterocycles. The van der Waals surface area contributed by atoms with Crippen LogP contribution in [0, 0.1) is 0 Å². The van der Waals surface area contributed by atoms with Gasteiger partial charge in [-0.15, -0.1) is 0 Å². The predicted molar refractivity (Wildman–Crippen MR) is 70.9 cm³/mol. The molecule has 0 atom stereocenters. The lowest BCUT2D eigenvalue weighted by Gasteiger charge is -2.15. The summed E-state index contributed by atoms with van der Waals surface area (Å²) in [5.74, 6) is 1.69. The van der Waals surface area contributed by atoms with Crippen molar-refractivity contribution in [3.63, 3.8) is 0 Å². The van der Waals surface area contributed by atoms with Crippen molar-refractivity contribution >= 4 is 0 Å². The minimum atomic E-state index is 0.759. The van der Waals surface area contributed by atoms with Crippen LogP contribution in [0.3, 0.4) is 0 Å². The predicted octanol–water partition coefficient (Wildman–Crippen LogP) is 2.55. The van der Waals surface area contributed by atoms with Crippen LogP contribution in [-0.4, -0.2) is 20.8 Å². The molecule has 1 rings (SSSR count). The van der Waals surface area contributed by atoms with Gasteiger partial charge in [0.2, 0.25) is 0 Å². The maximum absolute atomic E-state index is 5.52. The summed E-state index contributed by atoms with van der Waals surface area (Å²) in [4.78, 5) is 0. The molecule has 0 amide bonds. The van der Waals surface area contributed by atoms with Crippen molar-refractivity contribution in [2.75, 3.05) is 20.8 Å². The van der Waals surface area contributed by atoms with Crippen LogP contribution in [0.5, 0.6) is 11.5 Å². The van der Waals surface area contributed by atoms with Gasteiger partial charge >= 0.3 is 0 Å². The minimum Gasteiger partial charge on any atom is -0.493 e. The zero-order valence-electron chi connectivity index (χ0n) is 11.1. The number of aryl methyl sites for hydroxylation is 1. The van der Waals surface area contributed by atoms with Crippen LogP contribution in [0.4, 0.5) is 0 Å². The number of unbranched alkanes of at least 4 members (excludes halogenated alkanes) is 1. The molecule has 17 heavy (non-hydrogen) atoms. The Morgan fingerprint density at radius 2 is 1.88 bits per heavy atom. The van der Waals surface area contributed by atoms with E-state index in [9.17, 15) is 0 Å². The molecule has 1 aromatic carbocycles. The average Bonchev–Trinajstić information content (AvgIpc) is 2.38. The fourth-order valence-corrected chi connectivity index (χ4v) is 2.11.